The SMILES string of the molecule is N#C/C(=N\Nc1cccc2n[nH]nc12)C(=N)N. The number of para-hydroxylation sites is 1. The van der Waals surface area contributed by atoms with Gasteiger partial charge in [-0.25, -0.2) is 0 Å². The van der Waals surface area contributed by atoms with Crippen LogP contribution in [0.3, 0.4) is 0 Å². The van der Waals surface area contributed by atoms with Crippen LogP contribution in [0.25, 0.3) is 11.0 Å². The van der Waals surface area contributed by atoms with E-state index in [1.165, 1.54) is 0 Å². The number of aromatic nitrogens is 3. The van der Waals surface area contributed by atoms with Crippen LogP contribution in [-0.4, -0.2) is 27.0 Å². The second-order valence-electron chi connectivity index (χ2n) is 3.09. The van der Waals surface area contributed by atoms with Gasteiger partial charge in [-0.1, -0.05) is 6.07 Å². The molecule has 0 fully saturated rings. The summed E-state index contributed by atoms with van der Waals surface area (Å²) in [7, 11) is 0. The lowest BCUT2D eigenvalue weighted by Gasteiger charge is -2.00. The van der Waals surface area contributed by atoms with Crippen molar-refractivity contribution >= 4 is 28.3 Å². The second-order valence-corrected chi connectivity index (χ2v) is 3.09. The third kappa shape index (κ3) is 2.03. The number of nitriles is 1. The number of fused-ring (bicyclic) bond motifs is 1. The number of nitrogens with two attached hydrogens (primary N) is 1. The Morgan fingerprint density at radius 2 is 2.35 bits per heavy atom. The molecule has 0 amide bonds. The van der Waals surface area contributed by atoms with Crippen molar-refractivity contribution in [3.63, 3.8) is 0 Å². The molecule has 0 aliphatic carbocycles. The number of hydrazone groups is 1. The molecule has 0 aliphatic rings. The summed E-state index contributed by atoms with van der Waals surface area (Å²) in [5.41, 5.74) is 9.44. The first-order chi connectivity index (χ1) is 8.22. The van der Waals surface area contributed by atoms with E-state index >= 15 is 0 Å². The van der Waals surface area contributed by atoms with Crippen LogP contribution in [0.15, 0.2) is 23.3 Å². The molecule has 0 aliphatic heterocycles. The van der Waals surface area contributed by atoms with Gasteiger partial charge >= 0.3 is 0 Å². The molecule has 0 saturated heterocycles. The van der Waals surface area contributed by atoms with Crippen LogP contribution in [0, 0.1) is 16.7 Å². The topological polar surface area (TPSA) is 140 Å². The highest BCUT2D eigenvalue weighted by atomic mass is 15.3. The third-order valence-electron chi connectivity index (χ3n) is 2.00. The zero-order valence-electron chi connectivity index (χ0n) is 8.60. The monoisotopic (exact) mass is 228 g/mol. The van der Waals surface area contributed by atoms with Crippen LogP contribution >= 0.6 is 0 Å². The van der Waals surface area contributed by atoms with Crippen molar-refractivity contribution in [2.75, 3.05) is 5.43 Å². The number of rotatable bonds is 3. The number of nitrogens with one attached hydrogen (secondary N) is 3. The first-order valence-corrected chi connectivity index (χ1v) is 4.60. The average molecular weight is 228 g/mol. The Morgan fingerprint density at radius 1 is 1.53 bits per heavy atom. The summed E-state index contributed by atoms with van der Waals surface area (Å²) in [6, 6.07) is 6.98. The minimum Gasteiger partial charge on any atom is -0.382 e. The van der Waals surface area contributed by atoms with Gasteiger partial charge in [0.25, 0.3) is 0 Å². The van der Waals surface area contributed by atoms with Gasteiger partial charge in [0.2, 0.25) is 5.71 Å². The first kappa shape index (κ1) is 10.6. The number of amidine groups is 1. The van der Waals surface area contributed by atoms with Gasteiger partial charge in [-0.15, -0.1) is 0 Å². The van der Waals surface area contributed by atoms with E-state index in [1.807, 2.05) is 0 Å². The van der Waals surface area contributed by atoms with Crippen LogP contribution < -0.4 is 11.2 Å². The minimum absolute atomic E-state index is 0.189. The van der Waals surface area contributed by atoms with E-state index in [4.69, 9.17) is 16.4 Å². The molecule has 1 aromatic heterocycles. The number of H-pyrrole nitrogens is 1. The van der Waals surface area contributed by atoms with Gasteiger partial charge in [-0.2, -0.15) is 25.8 Å². The normalized spacial score (nSPS) is 11.1. The maximum absolute atomic E-state index is 8.67. The molecule has 8 nitrogen and oxygen atoms in total. The lowest BCUT2D eigenvalue weighted by Crippen LogP contribution is -2.21. The molecule has 0 atom stereocenters. The van der Waals surface area contributed by atoms with Gasteiger partial charge in [0.1, 0.15) is 17.1 Å². The van der Waals surface area contributed by atoms with Gasteiger partial charge in [0.05, 0.1) is 5.69 Å². The van der Waals surface area contributed by atoms with Crippen LogP contribution in [-0.2, 0) is 0 Å². The maximum atomic E-state index is 8.67. The Balaban J connectivity index is 2.34. The Morgan fingerprint density at radius 3 is 3.06 bits per heavy atom. The highest BCUT2D eigenvalue weighted by molar-refractivity contribution is 6.45. The molecule has 0 radical (unpaired) electrons. The summed E-state index contributed by atoms with van der Waals surface area (Å²) in [5.74, 6) is -0.396. The minimum atomic E-state index is -0.396. The van der Waals surface area contributed by atoms with Crippen molar-refractivity contribution in [3.05, 3.63) is 18.2 Å². The molecule has 2 aromatic rings. The standard InChI is InChI=1S/C9H8N8/c10-4-7(9(11)12)14-13-5-2-1-3-6-8(5)16-17-15-6/h1-3,13H,(H3,11,12)(H,15,16,17)/b14-7+. The molecule has 8 heteroatoms. The van der Waals surface area contributed by atoms with Crippen LogP contribution in [0.5, 0.6) is 0 Å². The van der Waals surface area contributed by atoms with E-state index in [2.05, 4.69) is 25.9 Å². The molecule has 0 bridgehead atoms. The number of benzene rings is 1. The summed E-state index contributed by atoms with van der Waals surface area (Å²) < 4.78 is 0. The molecular formula is C9H8N8. The molecule has 17 heavy (non-hydrogen) atoms. The summed E-state index contributed by atoms with van der Waals surface area (Å²) in [6.45, 7) is 0. The molecule has 0 spiro atoms. The molecule has 84 valence electrons. The summed E-state index contributed by atoms with van der Waals surface area (Å²) in [6.07, 6.45) is 0. The lowest BCUT2D eigenvalue weighted by molar-refractivity contribution is 0.959. The molecular weight excluding hydrogens is 220 g/mol. The van der Waals surface area contributed by atoms with Crippen LogP contribution in [0.4, 0.5) is 5.69 Å². The number of nitrogens with zero attached hydrogens (tertiary/aromatic N) is 4. The van der Waals surface area contributed by atoms with Crippen molar-refractivity contribution in [1.29, 1.82) is 10.7 Å². The molecule has 1 aromatic carbocycles. The number of hydrogen-bond donors (Lipinski definition) is 4. The fraction of sp³-hybridized carbons (Fsp3) is 0. The average Bonchev–Trinajstić information content (AvgIpc) is 2.78. The van der Waals surface area contributed by atoms with E-state index < -0.39 is 5.84 Å². The van der Waals surface area contributed by atoms with Gasteiger partial charge in [0, 0.05) is 0 Å². The number of anilines is 1. The van der Waals surface area contributed by atoms with Crippen molar-refractivity contribution in [2.45, 2.75) is 0 Å². The van der Waals surface area contributed by atoms with E-state index in [9.17, 15) is 0 Å². The second kappa shape index (κ2) is 4.28. The summed E-state index contributed by atoms with van der Waals surface area (Å²) in [4.78, 5) is 0. The largest absolute Gasteiger partial charge is 0.382 e. The zero-order valence-corrected chi connectivity index (χ0v) is 8.60. The first-order valence-electron chi connectivity index (χ1n) is 4.60. The quantitative estimate of drug-likeness (QED) is 0.337. The fourth-order valence-electron chi connectivity index (χ4n) is 1.22. The number of aromatic amines is 1. The number of hydrogen-bond acceptors (Lipinski definition) is 6. The van der Waals surface area contributed by atoms with Gasteiger partial charge in [0.15, 0.2) is 5.84 Å². The highest BCUT2D eigenvalue weighted by Gasteiger charge is 2.05. The van der Waals surface area contributed by atoms with Gasteiger partial charge in [-0.05, 0) is 12.1 Å². The Labute approximate surface area is 95.6 Å². The molecule has 1 heterocycles. The van der Waals surface area contributed by atoms with Gasteiger partial charge < -0.3 is 5.73 Å². The van der Waals surface area contributed by atoms with Gasteiger partial charge in [-0.3, -0.25) is 10.8 Å². The van der Waals surface area contributed by atoms with E-state index in [0.717, 1.165) is 0 Å². The Bertz CT molecular complexity index is 632. The van der Waals surface area contributed by atoms with E-state index in [-0.39, 0.29) is 5.71 Å². The molecule has 0 unspecified atom stereocenters. The highest BCUT2D eigenvalue weighted by Crippen LogP contribution is 2.18. The Hall–Kier alpha value is -2.95. The van der Waals surface area contributed by atoms with Crippen LogP contribution in [0.1, 0.15) is 0 Å². The zero-order chi connectivity index (χ0) is 12.3. The lowest BCUT2D eigenvalue weighted by atomic mass is 10.3. The smallest absolute Gasteiger partial charge is 0.201 e. The van der Waals surface area contributed by atoms with Crippen molar-refractivity contribution in [2.24, 2.45) is 10.8 Å². The summed E-state index contributed by atoms with van der Waals surface area (Å²) in [5, 5.41) is 29.8. The molecule has 5 N–H and O–H groups in total. The fourth-order valence-corrected chi connectivity index (χ4v) is 1.22. The van der Waals surface area contributed by atoms with Crippen molar-refractivity contribution < 1.29 is 0 Å². The van der Waals surface area contributed by atoms with Crippen molar-refractivity contribution in [3.8, 4) is 6.07 Å². The third-order valence-corrected chi connectivity index (χ3v) is 2.00. The van der Waals surface area contributed by atoms with E-state index in [0.29, 0.717) is 16.7 Å². The Kier molecular flexibility index (Phi) is 2.66. The maximum Gasteiger partial charge on any atom is 0.201 e. The molecule has 0 saturated carbocycles. The van der Waals surface area contributed by atoms with Crippen LogP contribution in [0.2, 0.25) is 0 Å². The summed E-state index contributed by atoms with van der Waals surface area (Å²) >= 11 is 0. The van der Waals surface area contributed by atoms with E-state index in [1.54, 1.807) is 24.3 Å². The predicted molar refractivity (Wildman–Crippen MR) is 62.5 cm³/mol. The predicted octanol–water partition coefficient (Wildman–Crippen LogP) is 0.185. The van der Waals surface area contributed by atoms with Crippen molar-refractivity contribution in [1.82, 2.24) is 15.4 Å². The molecule has 2 rings (SSSR count).